The van der Waals surface area contributed by atoms with Crippen LogP contribution < -0.4 is 15.4 Å². The van der Waals surface area contributed by atoms with E-state index in [0.29, 0.717) is 11.6 Å². The van der Waals surface area contributed by atoms with E-state index in [1.807, 2.05) is 24.3 Å². The minimum absolute atomic E-state index is 0.129. The number of benzene rings is 1. The minimum atomic E-state index is -0.688. The first-order valence-electron chi connectivity index (χ1n) is 9.66. The third-order valence-corrected chi connectivity index (χ3v) is 5.26. The largest absolute Gasteiger partial charge is 0.497 e. The van der Waals surface area contributed by atoms with E-state index in [4.69, 9.17) is 9.26 Å². The molecule has 0 saturated heterocycles. The Balaban J connectivity index is 1.70. The second-order valence-corrected chi connectivity index (χ2v) is 7.34. The van der Waals surface area contributed by atoms with Gasteiger partial charge in [0.2, 0.25) is 11.8 Å². The molecule has 0 bridgehead atoms. The van der Waals surface area contributed by atoms with E-state index in [0.717, 1.165) is 37.0 Å². The number of ether oxygens (including phenoxy) is 1. The number of anilines is 1. The van der Waals surface area contributed by atoms with Crippen molar-refractivity contribution in [3.63, 3.8) is 0 Å². The maximum Gasteiger partial charge on any atom is 0.247 e. The van der Waals surface area contributed by atoms with Crippen molar-refractivity contribution in [3.05, 3.63) is 41.7 Å². The summed E-state index contributed by atoms with van der Waals surface area (Å²) in [4.78, 5) is 25.5. The fraction of sp³-hybridized carbons (Fsp3) is 0.476. The summed E-state index contributed by atoms with van der Waals surface area (Å²) in [6.07, 6.45) is 4.30. The zero-order valence-corrected chi connectivity index (χ0v) is 16.5. The lowest BCUT2D eigenvalue weighted by Gasteiger charge is -2.25. The van der Waals surface area contributed by atoms with E-state index in [9.17, 15) is 9.59 Å². The number of hydrogen-bond acceptors (Lipinski definition) is 5. The molecule has 7 nitrogen and oxygen atoms in total. The van der Waals surface area contributed by atoms with Gasteiger partial charge in [0.15, 0.2) is 5.82 Å². The quantitative estimate of drug-likeness (QED) is 0.762. The Morgan fingerprint density at radius 3 is 2.43 bits per heavy atom. The van der Waals surface area contributed by atoms with E-state index in [-0.39, 0.29) is 23.7 Å². The number of carbonyl (C=O) groups excluding carboxylic acids is 2. The molecule has 2 aromatic rings. The van der Waals surface area contributed by atoms with Gasteiger partial charge >= 0.3 is 0 Å². The van der Waals surface area contributed by atoms with Crippen LogP contribution in [0.15, 0.2) is 34.9 Å². The second kappa shape index (κ2) is 8.91. The van der Waals surface area contributed by atoms with Gasteiger partial charge in [-0.15, -0.1) is 0 Å². The van der Waals surface area contributed by atoms with Crippen molar-refractivity contribution in [1.82, 2.24) is 10.5 Å². The van der Waals surface area contributed by atoms with Gasteiger partial charge in [-0.2, -0.15) is 0 Å². The third kappa shape index (κ3) is 4.71. The lowest BCUT2D eigenvalue weighted by atomic mass is 9.84. The highest BCUT2D eigenvalue weighted by Gasteiger charge is 2.33. The molecule has 1 fully saturated rings. The fourth-order valence-electron chi connectivity index (χ4n) is 3.77. The first-order valence-corrected chi connectivity index (χ1v) is 9.66. The van der Waals surface area contributed by atoms with Crippen molar-refractivity contribution in [1.29, 1.82) is 0 Å². The average Bonchev–Trinajstić information content (AvgIpc) is 3.34. The lowest BCUT2D eigenvalue weighted by Crippen LogP contribution is -2.44. The molecular formula is C21H27N3O4. The highest BCUT2D eigenvalue weighted by Crippen LogP contribution is 2.38. The molecule has 28 heavy (non-hydrogen) atoms. The predicted octanol–water partition coefficient (Wildman–Crippen LogP) is 3.41. The Bertz CT molecular complexity index is 809. The van der Waals surface area contributed by atoms with E-state index in [1.54, 1.807) is 27.0 Å². The Hall–Kier alpha value is -2.83. The Morgan fingerprint density at radius 1 is 1.18 bits per heavy atom. The highest BCUT2D eigenvalue weighted by molar-refractivity contribution is 5.97. The second-order valence-electron chi connectivity index (χ2n) is 7.34. The van der Waals surface area contributed by atoms with Crippen molar-refractivity contribution < 1.29 is 18.8 Å². The molecule has 1 aliphatic carbocycles. The topological polar surface area (TPSA) is 93.5 Å². The van der Waals surface area contributed by atoms with Crippen molar-refractivity contribution in [2.45, 2.75) is 51.5 Å². The van der Waals surface area contributed by atoms with Crippen LogP contribution >= 0.6 is 0 Å². The van der Waals surface area contributed by atoms with E-state index in [2.05, 4.69) is 15.8 Å². The number of rotatable bonds is 7. The van der Waals surface area contributed by atoms with E-state index in [1.165, 1.54) is 0 Å². The van der Waals surface area contributed by atoms with Gasteiger partial charge in [0.1, 0.15) is 17.6 Å². The summed E-state index contributed by atoms with van der Waals surface area (Å²) in [5, 5.41) is 9.27. The lowest BCUT2D eigenvalue weighted by molar-refractivity contribution is -0.128. The smallest absolute Gasteiger partial charge is 0.247 e. The van der Waals surface area contributed by atoms with Crippen molar-refractivity contribution in [3.8, 4) is 5.75 Å². The number of nitrogens with one attached hydrogen (secondary N) is 2. The van der Waals surface area contributed by atoms with Gasteiger partial charge in [-0.05, 0) is 50.3 Å². The summed E-state index contributed by atoms with van der Waals surface area (Å²) in [6.45, 7) is 3.41. The molecule has 1 aromatic carbocycles. The number of amides is 2. The summed E-state index contributed by atoms with van der Waals surface area (Å²) in [6, 6.07) is 8.55. The molecule has 2 amide bonds. The molecule has 1 saturated carbocycles. The molecule has 0 radical (unpaired) electrons. The fourth-order valence-corrected chi connectivity index (χ4v) is 3.77. The summed E-state index contributed by atoms with van der Waals surface area (Å²) in [5.41, 5.74) is 0.949. The summed E-state index contributed by atoms with van der Waals surface area (Å²) >= 11 is 0. The molecule has 0 aliphatic heterocycles. The first kappa shape index (κ1) is 19.9. The van der Waals surface area contributed by atoms with Gasteiger partial charge in [-0.1, -0.05) is 30.1 Å². The van der Waals surface area contributed by atoms with Crippen LogP contribution in [0.5, 0.6) is 5.75 Å². The highest BCUT2D eigenvalue weighted by atomic mass is 16.5. The molecule has 0 spiro atoms. The standard InChI is InChI=1S/C21H27N3O4/c1-13-12-18(24-28-13)23-20(25)14(2)22-21(26)19(15-6-4-5-7-15)16-8-10-17(27-3)11-9-16/h8-12,14-15,19H,4-7H2,1-3H3,(H,22,26)(H,23,24,25). The van der Waals surface area contributed by atoms with Crippen LogP contribution in [0.1, 0.15) is 49.8 Å². The zero-order valence-electron chi connectivity index (χ0n) is 16.5. The molecule has 1 aliphatic rings. The number of nitrogens with zero attached hydrogens (tertiary/aromatic N) is 1. The van der Waals surface area contributed by atoms with Gasteiger partial charge < -0.3 is 19.9 Å². The van der Waals surface area contributed by atoms with Crippen LogP contribution in [0.2, 0.25) is 0 Å². The van der Waals surface area contributed by atoms with Crippen LogP contribution in [-0.2, 0) is 9.59 Å². The van der Waals surface area contributed by atoms with Crippen molar-refractivity contribution in [2.75, 3.05) is 12.4 Å². The zero-order chi connectivity index (χ0) is 20.1. The molecule has 2 unspecified atom stereocenters. The number of carbonyl (C=O) groups is 2. The SMILES string of the molecule is COc1ccc(C(C(=O)NC(C)C(=O)Nc2cc(C)on2)C2CCCC2)cc1. The number of aromatic nitrogens is 1. The Kier molecular flexibility index (Phi) is 6.34. The van der Waals surface area contributed by atoms with Gasteiger partial charge in [0.05, 0.1) is 13.0 Å². The molecule has 2 N–H and O–H groups in total. The maximum absolute atomic E-state index is 13.1. The summed E-state index contributed by atoms with van der Waals surface area (Å²) in [7, 11) is 1.62. The molecule has 7 heteroatoms. The summed E-state index contributed by atoms with van der Waals surface area (Å²) < 4.78 is 10.2. The van der Waals surface area contributed by atoms with Gasteiger partial charge in [-0.25, -0.2) is 0 Å². The molecule has 2 atom stereocenters. The minimum Gasteiger partial charge on any atom is -0.497 e. The Labute approximate surface area is 164 Å². The van der Waals surface area contributed by atoms with Crippen LogP contribution in [0.3, 0.4) is 0 Å². The monoisotopic (exact) mass is 385 g/mol. The van der Waals surface area contributed by atoms with E-state index >= 15 is 0 Å². The van der Waals surface area contributed by atoms with Crippen LogP contribution in [0.4, 0.5) is 5.82 Å². The number of aryl methyl sites for hydroxylation is 1. The molecule has 1 heterocycles. The Morgan fingerprint density at radius 2 is 1.86 bits per heavy atom. The van der Waals surface area contributed by atoms with Crippen LogP contribution in [-0.4, -0.2) is 30.1 Å². The van der Waals surface area contributed by atoms with E-state index < -0.39 is 6.04 Å². The molecule has 3 rings (SSSR count). The maximum atomic E-state index is 13.1. The number of methoxy groups -OCH3 is 1. The van der Waals surface area contributed by atoms with Gasteiger partial charge in [-0.3, -0.25) is 9.59 Å². The normalized spacial score (nSPS) is 16.4. The molecule has 150 valence electrons. The third-order valence-electron chi connectivity index (χ3n) is 5.26. The van der Waals surface area contributed by atoms with Gasteiger partial charge in [0, 0.05) is 6.07 Å². The van der Waals surface area contributed by atoms with Crippen LogP contribution in [0, 0.1) is 12.8 Å². The van der Waals surface area contributed by atoms with Crippen LogP contribution in [0.25, 0.3) is 0 Å². The molecular weight excluding hydrogens is 358 g/mol. The first-order chi connectivity index (χ1) is 13.5. The predicted molar refractivity (Wildman–Crippen MR) is 105 cm³/mol. The van der Waals surface area contributed by atoms with Crippen molar-refractivity contribution >= 4 is 17.6 Å². The average molecular weight is 385 g/mol. The van der Waals surface area contributed by atoms with Gasteiger partial charge in [0.25, 0.3) is 0 Å². The summed E-state index contributed by atoms with van der Waals surface area (Å²) in [5.74, 6) is 1.24. The van der Waals surface area contributed by atoms with Crippen molar-refractivity contribution in [2.24, 2.45) is 5.92 Å². The number of hydrogen-bond donors (Lipinski definition) is 2. The molecule has 1 aromatic heterocycles.